The minimum atomic E-state index is -0.551. The number of hydrogen-bond donors (Lipinski definition) is 1. The Hall–Kier alpha value is -4.50. The van der Waals surface area contributed by atoms with Crippen LogP contribution >= 0.6 is 0 Å². The van der Waals surface area contributed by atoms with Crippen LogP contribution in [0.25, 0.3) is 28.1 Å². The second-order valence-electron chi connectivity index (χ2n) is 10.8. The van der Waals surface area contributed by atoms with Crippen molar-refractivity contribution in [1.82, 2.24) is 19.7 Å². The van der Waals surface area contributed by atoms with Gasteiger partial charge in [-0.1, -0.05) is 18.2 Å². The Labute approximate surface area is 232 Å². The predicted octanol–water partition coefficient (Wildman–Crippen LogP) is 4.06. The number of carbonyl (C=O) groups is 2. The number of hydrogen-bond acceptors (Lipinski definition) is 6. The van der Waals surface area contributed by atoms with E-state index in [0.29, 0.717) is 48.7 Å². The zero-order valence-corrected chi connectivity index (χ0v) is 22.8. The molecule has 9 nitrogen and oxygen atoms in total. The molecule has 2 aliphatic rings. The van der Waals surface area contributed by atoms with Crippen LogP contribution in [-0.2, 0) is 17.6 Å². The maximum atomic E-state index is 14.1. The van der Waals surface area contributed by atoms with Crippen LogP contribution in [0.15, 0.2) is 60.9 Å². The van der Waals surface area contributed by atoms with E-state index in [-0.39, 0.29) is 5.91 Å². The van der Waals surface area contributed by atoms with Crippen LogP contribution in [0.5, 0.6) is 5.75 Å². The van der Waals surface area contributed by atoms with E-state index in [1.54, 1.807) is 19.4 Å². The van der Waals surface area contributed by atoms with E-state index in [9.17, 15) is 9.59 Å². The lowest BCUT2D eigenvalue weighted by atomic mass is 9.86. The zero-order chi connectivity index (χ0) is 28.0. The van der Waals surface area contributed by atoms with E-state index < -0.39 is 11.4 Å². The summed E-state index contributed by atoms with van der Waals surface area (Å²) in [5.74, 6) is 0.0300. The molecular weight excluding hydrogens is 506 g/mol. The lowest BCUT2D eigenvalue weighted by Gasteiger charge is -2.41. The number of carbonyl (C=O) groups excluding carboxylic acids is 2. The Kier molecular flexibility index (Phi) is 6.38. The molecule has 4 aromatic rings. The minimum absolute atomic E-state index is 0.0882. The van der Waals surface area contributed by atoms with Crippen LogP contribution in [0.3, 0.4) is 0 Å². The lowest BCUT2D eigenvalue weighted by molar-refractivity contribution is -0.0373. The van der Waals surface area contributed by atoms with Gasteiger partial charge in [-0.15, -0.1) is 0 Å². The predicted molar refractivity (Wildman–Crippen MR) is 151 cm³/mol. The fourth-order valence-electron chi connectivity index (χ4n) is 5.68. The van der Waals surface area contributed by atoms with Gasteiger partial charge < -0.3 is 20.1 Å². The van der Waals surface area contributed by atoms with Gasteiger partial charge in [0.1, 0.15) is 5.75 Å². The fraction of sp³-hybridized carbons (Fsp3) is 0.290. The van der Waals surface area contributed by atoms with Gasteiger partial charge in [-0.25, -0.2) is 4.68 Å². The number of nitrogens with zero attached hydrogens (tertiary/aromatic N) is 4. The normalized spacial score (nSPS) is 15.7. The molecule has 40 heavy (non-hydrogen) atoms. The average molecular weight is 538 g/mol. The largest absolute Gasteiger partial charge is 0.496 e. The molecule has 6 rings (SSSR count). The molecule has 0 radical (unpaired) electrons. The van der Waals surface area contributed by atoms with Crippen molar-refractivity contribution in [3.8, 4) is 33.8 Å². The van der Waals surface area contributed by atoms with Crippen molar-refractivity contribution >= 4 is 11.8 Å². The quantitative estimate of drug-likeness (QED) is 0.411. The number of benzene rings is 2. The molecule has 0 spiro atoms. The molecule has 2 N–H and O–H groups in total. The van der Waals surface area contributed by atoms with Crippen molar-refractivity contribution in [2.24, 2.45) is 5.73 Å². The highest BCUT2D eigenvalue weighted by Crippen LogP contribution is 2.43. The van der Waals surface area contributed by atoms with Gasteiger partial charge in [0.25, 0.3) is 5.91 Å². The second-order valence-corrected chi connectivity index (χ2v) is 10.8. The number of fused-ring (bicyclic) bond motifs is 3. The summed E-state index contributed by atoms with van der Waals surface area (Å²) in [6.07, 6.45) is 4.53. The van der Waals surface area contributed by atoms with E-state index in [0.717, 1.165) is 40.1 Å². The van der Waals surface area contributed by atoms with Crippen LogP contribution in [0.1, 0.15) is 45.8 Å². The Morgan fingerprint density at radius 3 is 2.58 bits per heavy atom. The third-order valence-corrected chi connectivity index (χ3v) is 7.74. The number of primary amides is 1. The molecule has 1 saturated heterocycles. The summed E-state index contributed by atoms with van der Waals surface area (Å²) >= 11 is 0. The molecule has 1 aliphatic heterocycles. The summed E-state index contributed by atoms with van der Waals surface area (Å²) in [4.78, 5) is 32.0. The number of methoxy groups -OCH3 is 1. The Bertz CT molecular complexity index is 1630. The molecule has 2 aromatic carbocycles. The van der Waals surface area contributed by atoms with Gasteiger partial charge in [-0.2, -0.15) is 5.10 Å². The van der Waals surface area contributed by atoms with Crippen LogP contribution in [-0.4, -0.2) is 63.9 Å². The number of amides is 2. The first-order chi connectivity index (χ1) is 19.3. The van der Waals surface area contributed by atoms with Crippen molar-refractivity contribution < 1.29 is 19.1 Å². The number of rotatable bonds is 5. The van der Waals surface area contributed by atoms with Gasteiger partial charge in [0.15, 0.2) is 5.69 Å². The minimum Gasteiger partial charge on any atom is -0.496 e. The second kappa shape index (κ2) is 9.91. The molecule has 2 aromatic heterocycles. The Morgan fingerprint density at radius 1 is 1.05 bits per heavy atom. The van der Waals surface area contributed by atoms with Crippen LogP contribution < -0.4 is 10.5 Å². The van der Waals surface area contributed by atoms with Gasteiger partial charge in [0.05, 0.1) is 42.8 Å². The van der Waals surface area contributed by atoms with Crippen molar-refractivity contribution in [2.45, 2.75) is 32.2 Å². The van der Waals surface area contributed by atoms with Gasteiger partial charge in [0, 0.05) is 41.2 Å². The van der Waals surface area contributed by atoms with Crippen LogP contribution in [0.2, 0.25) is 0 Å². The zero-order valence-electron chi connectivity index (χ0n) is 22.8. The summed E-state index contributed by atoms with van der Waals surface area (Å²) in [6, 6.07) is 15.6. The van der Waals surface area contributed by atoms with Crippen LogP contribution in [0, 0.1) is 0 Å². The highest BCUT2D eigenvalue weighted by atomic mass is 16.5. The number of aromatic nitrogens is 3. The summed E-state index contributed by atoms with van der Waals surface area (Å²) in [7, 11) is 1.62. The van der Waals surface area contributed by atoms with Crippen LogP contribution in [0.4, 0.5) is 0 Å². The third kappa shape index (κ3) is 4.32. The molecule has 0 atom stereocenters. The van der Waals surface area contributed by atoms with Gasteiger partial charge in [-0.3, -0.25) is 14.6 Å². The third-order valence-electron chi connectivity index (χ3n) is 7.74. The number of morpholine rings is 1. The summed E-state index contributed by atoms with van der Waals surface area (Å²) < 4.78 is 13.3. The summed E-state index contributed by atoms with van der Waals surface area (Å²) in [5.41, 5.74) is 12.1. The molecule has 1 fully saturated rings. The highest BCUT2D eigenvalue weighted by molar-refractivity contribution is 5.98. The number of aryl methyl sites for hydroxylation is 1. The average Bonchev–Trinajstić information content (AvgIpc) is 3.36. The Balaban J connectivity index is 1.56. The highest BCUT2D eigenvalue weighted by Gasteiger charge is 2.38. The van der Waals surface area contributed by atoms with Gasteiger partial charge >= 0.3 is 0 Å². The fourth-order valence-corrected chi connectivity index (χ4v) is 5.68. The lowest BCUT2D eigenvalue weighted by Crippen LogP contribution is -2.55. The first-order valence-corrected chi connectivity index (χ1v) is 13.3. The molecule has 0 unspecified atom stereocenters. The molecule has 204 valence electrons. The number of para-hydroxylation sites is 1. The molecule has 9 heteroatoms. The van der Waals surface area contributed by atoms with Crippen molar-refractivity contribution in [1.29, 1.82) is 0 Å². The maximum Gasteiger partial charge on any atom is 0.275 e. The molecule has 1 aliphatic carbocycles. The smallest absolute Gasteiger partial charge is 0.275 e. The maximum absolute atomic E-state index is 14.1. The van der Waals surface area contributed by atoms with Crippen molar-refractivity contribution in [3.63, 3.8) is 0 Å². The molecule has 2 amide bonds. The summed E-state index contributed by atoms with van der Waals surface area (Å²) in [5, 5.41) is 4.96. The first kappa shape index (κ1) is 25.8. The summed E-state index contributed by atoms with van der Waals surface area (Å²) in [6.45, 7) is 5.53. The van der Waals surface area contributed by atoms with E-state index >= 15 is 0 Å². The molecule has 3 heterocycles. The van der Waals surface area contributed by atoms with Gasteiger partial charge in [0.2, 0.25) is 5.91 Å². The van der Waals surface area contributed by atoms with E-state index in [1.807, 2.05) is 65.9 Å². The van der Waals surface area contributed by atoms with Crippen molar-refractivity contribution in [2.75, 3.05) is 26.9 Å². The topological polar surface area (TPSA) is 113 Å². The molecular formula is C31H31N5O4. The number of nitrogens with two attached hydrogens (primary N) is 1. The molecule has 0 saturated carbocycles. The van der Waals surface area contributed by atoms with E-state index in [1.165, 1.54) is 6.20 Å². The first-order valence-electron chi connectivity index (χ1n) is 13.3. The SMILES string of the molecule is COc1cc2c(cc1-c1cncc(C(N)=O)c1)-c1c(c(C(=O)N3CCOCC3(C)C)nn1-c1ccccc1)CC2. The molecule has 0 bridgehead atoms. The number of pyridine rings is 1. The van der Waals surface area contributed by atoms with E-state index in [2.05, 4.69) is 4.98 Å². The van der Waals surface area contributed by atoms with Crippen molar-refractivity contribution in [3.05, 3.63) is 83.3 Å². The number of ether oxygens (including phenoxy) is 2. The van der Waals surface area contributed by atoms with Gasteiger partial charge in [-0.05, 0) is 62.6 Å². The van der Waals surface area contributed by atoms with E-state index in [4.69, 9.17) is 20.3 Å². The Morgan fingerprint density at radius 2 is 1.85 bits per heavy atom. The monoisotopic (exact) mass is 537 g/mol. The standard InChI is InChI=1S/C31H31N5O4/c1-31(2)18-40-12-11-35(31)30(38)27-23-10-9-19-14-26(39-3)24(20-13-21(29(32)37)17-33-16-20)15-25(19)28(23)36(34-27)22-7-5-4-6-8-22/h4-8,13-17H,9-12,18H2,1-3H3,(H2,32,37).